The Bertz CT molecular complexity index is 1790. The van der Waals surface area contributed by atoms with Crippen molar-refractivity contribution < 1.29 is 28.3 Å². The average Bonchev–Trinajstić information content (AvgIpc) is 3.44. The van der Waals surface area contributed by atoms with Crippen molar-refractivity contribution in [2.45, 2.75) is 29.7 Å². The van der Waals surface area contributed by atoms with Crippen LogP contribution in [0.5, 0.6) is 0 Å². The summed E-state index contributed by atoms with van der Waals surface area (Å²) in [5.74, 6) is -3.90. The van der Waals surface area contributed by atoms with Crippen LogP contribution in [-0.4, -0.2) is 45.1 Å². The third-order valence-electron chi connectivity index (χ3n) is 7.16. The van der Waals surface area contributed by atoms with Gasteiger partial charge in [0, 0.05) is 28.9 Å². The first-order valence-electron chi connectivity index (χ1n) is 13.3. The highest BCUT2D eigenvalue weighted by molar-refractivity contribution is 8.00. The summed E-state index contributed by atoms with van der Waals surface area (Å²) >= 11 is 2.01. The zero-order valence-corrected chi connectivity index (χ0v) is 24.2. The number of ether oxygens (including phenoxy) is 1. The number of aromatic nitrogens is 2. The van der Waals surface area contributed by atoms with Crippen LogP contribution in [0, 0.1) is 11.7 Å². The standard InChI is InChI=1S/C30H23FN4O6S2/c1-2-41-29(39)16-5-9-19(10-6-16)33-21(36)15-34-28-25(43-30(34)40)22(17-4-3-13-32-14-17)23-24(42-28)27(38)35(26(23)37)20-11-7-18(31)8-12-20/h3-14,22-24H,2,15H2,1H3,(H,33,36). The van der Waals surface area contributed by atoms with Gasteiger partial charge >= 0.3 is 10.8 Å². The van der Waals surface area contributed by atoms with Crippen molar-refractivity contribution in [3.05, 3.63) is 105 Å². The number of amides is 3. The van der Waals surface area contributed by atoms with E-state index >= 15 is 0 Å². The van der Waals surface area contributed by atoms with Gasteiger partial charge in [0.2, 0.25) is 17.7 Å². The maximum Gasteiger partial charge on any atom is 0.338 e. The third kappa shape index (κ3) is 5.25. The number of nitrogens with one attached hydrogen (secondary N) is 1. The lowest BCUT2D eigenvalue weighted by molar-refractivity contribution is -0.122. The van der Waals surface area contributed by atoms with Crippen LogP contribution in [0.1, 0.15) is 33.6 Å². The first-order chi connectivity index (χ1) is 20.8. The van der Waals surface area contributed by atoms with Gasteiger partial charge in [-0.3, -0.25) is 28.7 Å². The molecule has 3 atom stereocenters. The summed E-state index contributed by atoms with van der Waals surface area (Å²) in [5.41, 5.74) is 1.66. The van der Waals surface area contributed by atoms with E-state index in [1.165, 1.54) is 41.0 Å². The largest absolute Gasteiger partial charge is 0.462 e. The van der Waals surface area contributed by atoms with Crippen LogP contribution in [0.3, 0.4) is 0 Å². The number of hydrogen-bond acceptors (Lipinski definition) is 9. The van der Waals surface area contributed by atoms with E-state index < -0.39 is 51.5 Å². The van der Waals surface area contributed by atoms with Gasteiger partial charge in [0.25, 0.3) is 0 Å². The number of thioether (sulfide) groups is 1. The first-order valence-corrected chi connectivity index (χ1v) is 15.0. The number of benzene rings is 2. The van der Waals surface area contributed by atoms with Gasteiger partial charge in [0.1, 0.15) is 17.6 Å². The normalized spacial score (nSPS) is 19.1. The lowest BCUT2D eigenvalue weighted by Crippen LogP contribution is -2.33. The topological polar surface area (TPSA) is 128 Å². The molecule has 13 heteroatoms. The summed E-state index contributed by atoms with van der Waals surface area (Å²) in [6.07, 6.45) is 3.18. The van der Waals surface area contributed by atoms with Crippen LogP contribution in [0.4, 0.5) is 15.8 Å². The summed E-state index contributed by atoms with van der Waals surface area (Å²) in [5, 5.41) is 2.28. The van der Waals surface area contributed by atoms with Gasteiger partial charge in [-0.05, 0) is 67.1 Å². The van der Waals surface area contributed by atoms with E-state index in [1.807, 2.05) is 0 Å². The Labute approximate surface area is 252 Å². The zero-order valence-electron chi connectivity index (χ0n) is 22.6. The van der Waals surface area contributed by atoms with E-state index in [2.05, 4.69) is 10.3 Å². The van der Waals surface area contributed by atoms with Crippen LogP contribution in [-0.2, 0) is 25.7 Å². The molecule has 1 saturated heterocycles. The van der Waals surface area contributed by atoms with Gasteiger partial charge in [-0.2, -0.15) is 0 Å². The molecule has 218 valence electrons. The fourth-order valence-electron chi connectivity index (χ4n) is 5.27. The van der Waals surface area contributed by atoms with E-state index in [0.717, 1.165) is 28.0 Å². The highest BCUT2D eigenvalue weighted by Gasteiger charge is 2.56. The molecule has 2 aromatic heterocycles. The Balaban J connectivity index is 1.32. The molecule has 10 nitrogen and oxygen atoms in total. The van der Waals surface area contributed by atoms with Gasteiger partial charge in [-0.25, -0.2) is 14.1 Å². The van der Waals surface area contributed by atoms with Crippen molar-refractivity contribution in [1.29, 1.82) is 0 Å². The molecule has 4 aromatic rings. The van der Waals surface area contributed by atoms with Crippen LogP contribution in [0.25, 0.3) is 0 Å². The molecule has 2 aliphatic heterocycles. The number of fused-ring (bicyclic) bond motifs is 2. The Kier molecular flexibility index (Phi) is 7.67. The Morgan fingerprint density at radius 1 is 1.02 bits per heavy atom. The second-order valence-electron chi connectivity index (χ2n) is 9.79. The van der Waals surface area contributed by atoms with Gasteiger partial charge < -0.3 is 10.1 Å². The Morgan fingerprint density at radius 3 is 2.44 bits per heavy atom. The number of imide groups is 1. The van der Waals surface area contributed by atoms with E-state index in [1.54, 1.807) is 43.6 Å². The molecule has 0 bridgehead atoms. The molecule has 2 aliphatic rings. The summed E-state index contributed by atoms with van der Waals surface area (Å²) in [6, 6.07) is 14.8. The number of hydrogen-bond donors (Lipinski definition) is 1. The highest BCUT2D eigenvalue weighted by Crippen LogP contribution is 2.53. The SMILES string of the molecule is CCOC(=O)c1ccc(NC(=O)Cn2c3c(sc2=O)C(c2cccnc2)C2C(=O)N(c4ccc(F)cc4)C(=O)C2S3)cc1. The fourth-order valence-corrected chi connectivity index (χ4v) is 8.04. The number of pyridine rings is 1. The molecule has 0 aliphatic carbocycles. The molecule has 43 heavy (non-hydrogen) atoms. The monoisotopic (exact) mass is 618 g/mol. The average molecular weight is 619 g/mol. The van der Waals surface area contributed by atoms with E-state index in [-0.39, 0.29) is 18.8 Å². The van der Waals surface area contributed by atoms with Crippen molar-refractivity contribution >= 4 is 58.2 Å². The maximum atomic E-state index is 13.8. The molecule has 0 spiro atoms. The summed E-state index contributed by atoms with van der Waals surface area (Å²) in [6.45, 7) is 1.61. The second-order valence-corrected chi connectivity index (χ2v) is 11.9. The van der Waals surface area contributed by atoms with E-state index in [4.69, 9.17) is 4.74 Å². The number of carbonyl (C=O) groups is 4. The molecule has 6 rings (SSSR count). The Hall–Kier alpha value is -4.62. The number of thiazole rings is 1. The molecule has 0 radical (unpaired) electrons. The van der Waals surface area contributed by atoms with Crippen molar-refractivity contribution in [3.63, 3.8) is 0 Å². The quantitative estimate of drug-likeness (QED) is 0.243. The summed E-state index contributed by atoms with van der Waals surface area (Å²) in [7, 11) is 0. The Morgan fingerprint density at radius 2 is 1.77 bits per heavy atom. The molecule has 1 fully saturated rings. The number of nitrogens with zero attached hydrogens (tertiary/aromatic N) is 3. The first kappa shape index (κ1) is 28.5. The van der Waals surface area contributed by atoms with Crippen LogP contribution >= 0.6 is 23.1 Å². The van der Waals surface area contributed by atoms with Crippen LogP contribution in [0.2, 0.25) is 0 Å². The van der Waals surface area contributed by atoms with E-state index in [9.17, 15) is 28.4 Å². The zero-order chi connectivity index (χ0) is 30.2. The maximum absolute atomic E-state index is 13.8. The lowest BCUT2D eigenvalue weighted by Gasteiger charge is -2.30. The summed E-state index contributed by atoms with van der Waals surface area (Å²) < 4.78 is 19.9. The molecule has 3 unspecified atom stereocenters. The third-order valence-corrected chi connectivity index (χ3v) is 9.76. The lowest BCUT2D eigenvalue weighted by atomic mass is 9.84. The molecular weight excluding hydrogens is 595 g/mol. The number of carbonyl (C=O) groups excluding carboxylic acids is 4. The van der Waals surface area contributed by atoms with Gasteiger partial charge in [0.15, 0.2) is 0 Å². The molecule has 2 aromatic carbocycles. The van der Waals surface area contributed by atoms with Crippen molar-refractivity contribution in [1.82, 2.24) is 9.55 Å². The molecule has 1 N–H and O–H groups in total. The van der Waals surface area contributed by atoms with Crippen LogP contribution in [0.15, 0.2) is 82.9 Å². The second kappa shape index (κ2) is 11.6. The summed E-state index contributed by atoms with van der Waals surface area (Å²) in [4.78, 5) is 71.2. The van der Waals surface area contributed by atoms with Crippen molar-refractivity contribution in [3.8, 4) is 0 Å². The van der Waals surface area contributed by atoms with Gasteiger partial charge in [0.05, 0.1) is 28.8 Å². The molecule has 0 saturated carbocycles. The number of halogens is 1. The van der Waals surface area contributed by atoms with Gasteiger partial charge in [-0.15, -0.1) is 0 Å². The van der Waals surface area contributed by atoms with Gasteiger partial charge in [-0.1, -0.05) is 29.2 Å². The fraction of sp³-hybridized carbons (Fsp3) is 0.200. The predicted octanol–water partition coefficient (Wildman–Crippen LogP) is 4.06. The molecule has 3 amide bonds. The smallest absolute Gasteiger partial charge is 0.338 e. The molecular formula is C30H23FN4O6S2. The predicted molar refractivity (Wildman–Crippen MR) is 158 cm³/mol. The number of rotatable bonds is 7. The molecule has 4 heterocycles. The minimum Gasteiger partial charge on any atom is -0.462 e. The van der Waals surface area contributed by atoms with Crippen molar-refractivity contribution in [2.75, 3.05) is 16.8 Å². The van der Waals surface area contributed by atoms with Crippen molar-refractivity contribution in [2.24, 2.45) is 5.92 Å². The minimum absolute atomic E-state index is 0.238. The number of anilines is 2. The van der Waals surface area contributed by atoms with E-state index in [0.29, 0.717) is 26.7 Å². The van der Waals surface area contributed by atoms with Crippen LogP contribution < -0.4 is 15.1 Å². The number of esters is 1. The highest BCUT2D eigenvalue weighted by atomic mass is 32.2. The minimum atomic E-state index is -0.881.